The first-order valence-electron chi connectivity index (χ1n) is 7.25. The Morgan fingerprint density at radius 2 is 1.76 bits per heavy atom. The minimum Gasteiger partial charge on any atom is -0.488 e. The number of thiophene rings is 1. The molecule has 0 aliphatic rings. The van der Waals surface area contributed by atoms with Gasteiger partial charge in [0.15, 0.2) is 0 Å². The largest absolute Gasteiger partial charge is 0.488 e. The summed E-state index contributed by atoms with van der Waals surface area (Å²) >= 11 is 1.81. The molecule has 0 radical (unpaired) electrons. The third-order valence-corrected chi connectivity index (χ3v) is 4.43. The molecule has 2 aromatic carbocycles. The Balaban J connectivity index is 1.64. The Kier molecular flexibility index (Phi) is 4.53. The molecule has 0 saturated carbocycles. The van der Waals surface area contributed by atoms with E-state index in [1.165, 1.54) is 20.5 Å². The Morgan fingerprint density at radius 3 is 2.62 bits per heavy atom. The average Bonchev–Trinajstić information content (AvgIpc) is 2.98. The van der Waals surface area contributed by atoms with Gasteiger partial charge in [0.25, 0.3) is 0 Å². The van der Waals surface area contributed by atoms with Gasteiger partial charge in [0.2, 0.25) is 0 Å². The molecule has 0 aliphatic carbocycles. The molecule has 1 heterocycles. The van der Waals surface area contributed by atoms with E-state index in [0.29, 0.717) is 6.61 Å². The molecule has 0 unspecified atom stereocenters. The second kappa shape index (κ2) is 6.74. The standard InChI is InChI=1S/C18H19NOS/c1-2-19-12-17-9-10-18(21-17)13-20-16-8-7-14-5-3-4-6-15(14)11-16/h3-11,19H,2,12-13H2,1H3. The summed E-state index contributed by atoms with van der Waals surface area (Å²) in [5.74, 6) is 0.926. The fourth-order valence-corrected chi connectivity index (χ4v) is 3.16. The SMILES string of the molecule is CCNCc1ccc(COc2ccc3ccccc3c2)s1. The van der Waals surface area contributed by atoms with Gasteiger partial charge in [-0.2, -0.15) is 0 Å². The van der Waals surface area contributed by atoms with Crippen LogP contribution in [-0.2, 0) is 13.2 Å². The number of nitrogens with one attached hydrogen (secondary N) is 1. The lowest BCUT2D eigenvalue weighted by Gasteiger charge is -2.06. The zero-order chi connectivity index (χ0) is 14.5. The van der Waals surface area contributed by atoms with Gasteiger partial charge in [-0.15, -0.1) is 11.3 Å². The Labute approximate surface area is 129 Å². The number of benzene rings is 2. The van der Waals surface area contributed by atoms with E-state index in [4.69, 9.17) is 4.74 Å². The van der Waals surface area contributed by atoms with Crippen LogP contribution in [0.4, 0.5) is 0 Å². The van der Waals surface area contributed by atoms with Gasteiger partial charge >= 0.3 is 0 Å². The summed E-state index contributed by atoms with van der Waals surface area (Å²) in [7, 11) is 0. The normalized spacial score (nSPS) is 10.9. The van der Waals surface area contributed by atoms with Crippen LogP contribution in [0.5, 0.6) is 5.75 Å². The molecule has 0 amide bonds. The van der Waals surface area contributed by atoms with Crippen LogP contribution >= 0.6 is 11.3 Å². The third kappa shape index (κ3) is 3.63. The van der Waals surface area contributed by atoms with E-state index in [-0.39, 0.29) is 0 Å². The molecule has 0 atom stereocenters. The summed E-state index contributed by atoms with van der Waals surface area (Å²) in [6, 6.07) is 18.9. The maximum Gasteiger partial charge on any atom is 0.122 e. The van der Waals surface area contributed by atoms with Gasteiger partial charge in [0.1, 0.15) is 12.4 Å². The maximum absolute atomic E-state index is 5.91. The highest BCUT2D eigenvalue weighted by Crippen LogP contribution is 2.23. The third-order valence-electron chi connectivity index (χ3n) is 3.37. The van der Waals surface area contributed by atoms with Crippen molar-refractivity contribution in [2.24, 2.45) is 0 Å². The van der Waals surface area contributed by atoms with Gasteiger partial charge in [-0.25, -0.2) is 0 Å². The van der Waals surface area contributed by atoms with Crippen LogP contribution in [0.1, 0.15) is 16.7 Å². The smallest absolute Gasteiger partial charge is 0.122 e. The summed E-state index contributed by atoms with van der Waals surface area (Å²) in [6.07, 6.45) is 0. The summed E-state index contributed by atoms with van der Waals surface area (Å²) in [4.78, 5) is 2.62. The van der Waals surface area contributed by atoms with Crippen molar-refractivity contribution >= 4 is 22.1 Å². The highest BCUT2D eigenvalue weighted by Gasteiger charge is 2.02. The Morgan fingerprint density at radius 1 is 0.952 bits per heavy atom. The van der Waals surface area contributed by atoms with E-state index in [0.717, 1.165) is 18.8 Å². The highest BCUT2D eigenvalue weighted by atomic mass is 32.1. The molecule has 0 aliphatic heterocycles. The molecule has 2 nitrogen and oxygen atoms in total. The van der Waals surface area contributed by atoms with E-state index >= 15 is 0 Å². The first-order chi connectivity index (χ1) is 10.3. The molecule has 0 saturated heterocycles. The van der Waals surface area contributed by atoms with Crippen LogP contribution in [0.3, 0.4) is 0 Å². The van der Waals surface area contributed by atoms with Gasteiger partial charge in [-0.05, 0) is 41.6 Å². The van der Waals surface area contributed by atoms with Gasteiger partial charge < -0.3 is 10.1 Å². The van der Waals surface area contributed by atoms with Crippen molar-refractivity contribution in [3.8, 4) is 5.75 Å². The molecular formula is C18H19NOS. The number of fused-ring (bicyclic) bond motifs is 1. The van der Waals surface area contributed by atoms with Crippen molar-refractivity contribution in [1.82, 2.24) is 5.32 Å². The molecule has 0 fully saturated rings. The van der Waals surface area contributed by atoms with Crippen LogP contribution in [0.25, 0.3) is 10.8 Å². The monoisotopic (exact) mass is 297 g/mol. The summed E-state index contributed by atoms with van der Waals surface area (Å²) in [5.41, 5.74) is 0. The van der Waals surface area contributed by atoms with Gasteiger partial charge in [-0.3, -0.25) is 0 Å². The van der Waals surface area contributed by atoms with E-state index in [1.807, 2.05) is 17.4 Å². The molecule has 1 N–H and O–H groups in total. The molecule has 108 valence electrons. The second-order valence-corrected chi connectivity index (χ2v) is 6.20. The average molecular weight is 297 g/mol. The van der Waals surface area contributed by atoms with Crippen LogP contribution in [0.15, 0.2) is 54.6 Å². The molecule has 0 bridgehead atoms. The van der Waals surface area contributed by atoms with Crippen molar-refractivity contribution in [1.29, 1.82) is 0 Å². The number of hydrogen-bond acceptors (Lipinski definition) is 3. The predicted molar refractivity (Wildman–Crippen MR) is 90.0 cm³/mol. The zero-order valence-corrected chi connectivity index (χ0v) is 13.0. The lowest BCUT2D eigenvalue weighted by Crippen LogP contribution is -2.10. The van der Waals surface area contributed by atoms with Gasteiger partial charge in [-0.1, -0.05) is 37.3 Å². The quantitative estimate of drug-likeness (QED) is 0.718. The minimum atomic E-state index is 0.634. The van der Waals surface area contributed by atoms with Crippen molar-refractivity contribution < 1.29 is 4.74 Å². The number of rotatable bonds is 6. The molecule has 3 aromatic rings. The van der Waals surface area contributed by atoms with Gasteiger partial charge in [0, 0.05) is 16.3 Å². The molecule has 21 heavy (non-hydrogen) atoms. The van der Waals surface area contributed by atoms with Crippen molar-refractivity contribution in [2.75, 3.05) is 6.54 Å². The van der Waals surface area contributed by atoms with E-state index in [9.17, 15) is 0 Å². The first-order valence-corrected chi connectivity index (χ1v) is 8.06. The number of ether oxygens (including phenoxy) is 1. The lowest BCUT2D eigenvalue weighted by atomic mass is 10.1. The fourth-order valence-electron chi connectivity index (χ4n) is 2.25. The summed E-state index contributed by atoms with van der Waals surface area (Å²) in [5, 5.41) is 5.80. The van der Waals surface area contributed by atoms with Crippen LogP contribution in [-0.4, -0.2) is 6.54 Å². The topological polar surface area (TPSA) is 21.3 Å². The summed E-state index contributed by atoms with van der Waals surface area (Å²) < 4.78 is 5.91. The van der Waals surface area contributed by atoms with Crippen molar-refractivity contribution in [2.45, 2.75) is 20.1 Å². The fraction of sp³-hybridized carbons (Fsp3) is 0.222. The molecule has 0 spiro atoms. The van der Waals surface area contributed by atoms with Crippen molar-refractivity contribution in [3.63, 3.8) is 0 Å². The molecule has 3 rings (SSSR count). The second-order valence-electron chi connectivity index (χ2n) is 4.95. The molecule has 3 heteroatoms. The minimum absolute atomic E-state index is 0.634. The van der Waals surface area contributed by atoms with Crippen LogP contribution in [0, 0.1) is 0 Å². The Hall–Kier alpha value is -1.84. The van der Waals surface area contributed by atoms with E-state index < -0.39 is 0 Å². The predicted octanol–water partition coefficient (Wildman–Crippen LogP) is 4.59. The van der Waals surface area contributed by atoms with Crippen LogP contribution in [0.2, 0.25) is 0 Å². The highest BCUT2D eigenvalue weighted by molar-refractivity contribution is 7.11. The lowest BCUT2D eigenvalue weighted by molar-refractivity contribution is 0.310. The van der Waals surface area contributed by atoms with E-state index in [1.54, 1.807) is 0 Å². The van der Waals surface area contributed by atoms with Crippen molar-refractivity contribution in [3.05, 3.63) is 64.4 Å². The van der Waals surface area contributed by atoms with Crippen LogP contribution < -0.4 is 10.1 Å². The number of hydrogen-bond donors (Lipinski definition) is 1. The zero-order valence-electron chi connectivity index (χ0n) is 12.1. The van der Waals surface area contributed by atoms with E-state index in [2.05, 4.69) is 60.8 Å². The first kappa shape index (κ1) is 14.1. The maximum atomic E-state index is 5.91. The molecule has 1 aromatic heterocycles. The van der Waals surface area contributed by atoms with Gasteiger partial charge in [0.05, 0.1) is 0 Å². The Bertz CT molecular complexity index is 720. The molecular weight excluding hydrogens is 278 g/mol. The summed E-state index contributed by atoms with van der Waals surface area (Å²) in [6.45, 7) is 4.70.